The molecule has 0 saturated carbocycles. The van der Waals surface area contributed by atoms with Gasteiger partial charge in [-0.15, -0.1) is 11.3 Å². The van der Waals surface area contributed by atoms with E-state index < -0.39 is 23.7 Å². The molecule has 1 fully saturated rings. The molecule has 44 heavy (non-hydrogen) atoms. The van der Waals surface area contributed by atoms with Gasteiger partial charge in [-0.1, -0.05) is 41.5 Å². The fourth-order valence-electron chi connectivity index (χ4n) is 4.66. The number of hydrogen-bond acceptors (Lipinski definition) is 5. The minimum atomic E-state index is -4.44. The predicted molar refractivity (Wildman–Crippen MR) is 162 cm³/mol. The summed E-state index contributed by atoms with van der Waals surface area (Å²) >= 11 is 13.9. The summed E-state index contributed by atoms with van der Waals surface area (Å²) in [4.78, 5) is 26.2. The molecule has 8 nitrogen and oxygen atoms in total. The first-order chi connectivity index (χ1) is 21.0. The molecule has 0 bridgehead atoms. The number of rotatable bonds is 6. The maximum Gasteiger partial charge on any atom is 0.416 e. The van der Waals surface area contributed by atoms with E-state index in [-0.39, 0.29) is 17.3 Å². The molecule has 1 aliphatic heterocycles. The standard InChI is InChI=1S/C30H24Cl2F3N5O3S/c31-20-9-12-24(23(32)16-20)40-27(22(17-36-29(42)43)26(37-40)28(41)38-39-14-2-1-3-15-39)25-13-11-21(44-25)10-6-18-4-7-19(8-5-18)30(33,34)35/h4-5,7-9,11-13,16,36H,1-3,14-15,17H2,(H,38,41)(H,42,43). The van der Waals surface area contributed by atoms with Crippen LogP contribution >= 0.6 is 34.5 Å². The van der Waals surface area contributed by atoms with Gasteiger partial charge in [0.2, 0.25) is 0 Å². The number of halogens is 5. The van der Waals surface area contributed by atoms with E-state index in [0.717, 1.165) is 31.4 Å². The third-order valence-corrected chi connectivity index (χ3v) is 8.30. The molecule has 0 spiro atoms. The van der Waals surface area contributed by atoms with Gasteiger partial charge in [0.25, 0.3) is 5.91 Å². The van der Waals surface area contributed by atoms with Gasteiger partial charge in [0.1, 0.15) is 0 Å². The van der Waals surface area contributed by atoms with E-state index in [0.29, 0.717) is 50.4 Å². The van der Waals surface area contributed by atoms with E-state index in [2.05, 4.69) is 27.7 Å². The molecule has 2 aromatic carbocycles. The average molecular weight is 663 g/mol. The zero-order chi connectivity index (χ0) is 31.4. The zero-order valence-corrected chi connectivity index (χ0v) is 25.2. The van der Waals surface area contributed by atoms with Crippen molar-refractivity contribution < 1.29 is 27.9 Å². The number of nitrogens with one attached hydrogen (secondary N) is 2. The van der Waals surface area contributed by atoms with E-state index in [1.807, 2.05) is 5.01 Å². The van der Waals surface area contributed by atoms with Crippen molar-refractivity contribution in [1.29, 1.82) is 0 Å². The second-order valence-electron chi connectivity index (χ2n) is 9.82. The van der Waals surface area contributed by atoms with Crippen LogP contribution in [0, 0.1) is 11.8 Å². The molecular formula is C30H24Cl2F3N5O3S. The number of aromatic nitrogens is 2. The summed E-state index contributed by atoms with van der Waals surface area (Å²) in [6.45, 7) is 1.12. The summed E-state index contributed by atoms with van der Waals surface area (Å²) in [7, 11) is 0. The number of alkyl halides is 3. The lowest BCUT2D eigenvalue weighted by atomic mass is 10.1. The maximum atomic E-state index is 13.5. The van der Waals surface area contributed by atoms with Crippen molar-refractivity contribution in [2.75, 3.05) is 13.1 Å². The van der Waals surface area contributed by atoms with Crippen LogP contribution in [-0.2, 0) is 12.7 Å². The van der Waals surface area contributed by atoms with Gasteiger partial charge in [0.05, 0.1) is 38.3 Å². The predicted octanol–water partition coefficient (Wildman–Crippen LogP) is 7.22. The van der Waals surface area contributed by atoms with Gasteiger partial charge in [-0.05, 0) is 67.4 Å². The molecule has 5 rings (SSSR count). The molecule has 14 heteroatoms. The monoisotopic (exact) mass is 661 g/mol. The first kappa shape index (κ1) is 31.4. The lowest BCUT2D eigenvalue weighted by Gasteiger charge is -2.26. The van der Waals surface area contributed by atoms with Crippen molar-refractivity contribution in [3.05, 3.63) is 91.9 Å². The summed E-state index contributed by atoms with van der Waals surface area (Å²) in [5.41, 5.74) is 3.67. The van der Waals surface area contributed by atoms with Crippen LogP contribution in [0.4, 0.5) is 18.0 Å². The first-order valence-electron chi connectivity index (χ1n) is 13.4. The molecule has 2 amide bonds. The van der Waals surface area contributed by atoms with E-state index in [1.54, 1.807) is 24.3 Å². The highest BCUT2D eigenvalue weighted by atomic mass is 35.5. The van der Waals surface area contributed by atoms with Crippen molar-refractivity contribution in [3.63, 3.8) is 0 Å². The van der Waals surface area contributed by atoms with Crippen LogP contribution in [0.5, 0.6) is 0 Å². The molecule has 3 N–H and O–H groups in total. The minimum absolute atomic E-state index is 0.0103. The molecule has 0 unspecified atom stereocenters. The molecule has 1 saturated heterocycles. The third-order valence-electron chi connectivity index (χ3n) is 6.75. The fourth-order valence-corrected chi connectivity index (χ4v) is 6.06. The van der Waals surface area contributed by atoms with Crippen molar-refractivity contribution in [1.82, 2.24) is 25.5 Å². The van der Waals surface area contributed by atoms with Crippen LogP contribution < -0.4 is 10.7 Å². The number of benzene rings is 2. The second-order valence-corrected chi connectivity index (χ2v) is 11.7. The van der Waals surface area contributed by atoms with Crippen molar-refractivity contribution >= 4 is 46.5 Å². The molecule has 4 aromatic rings. The van der Waals surface area contributed by atoms with E-state index in [4.69, 9.17) is 23.2 Å². The Hall–Kier alpha value is -4.02. The van der Waals surface area contributed by atoms with Crippen LogP contribution in [0.2, 0.25) is 10.0 Å². The molecule has 228 valence electrons. The highest BCUT2D eigenvalue weighted by molar-refractivity contribution is 7.16. The van der Waals surface area contributed by atoms with Gasteiger partial charge in [0.15, 0.2) is 5.69 Å². The minimum Gasteiger partial charge on any atom is -0.465 e. The van der Waals surface area contributed by atoms with E-state index in [9.17, 15) is 27.9 Å². The largest absolute Gasteiger partial charge is 0.465 e. The molecule has 1 aliphatic rings. The molecule has 2 aromatic heterocycles. The topological polar surface area (TPSA) is 99.5 Å². The molecule has 3 heterocycles. The van der Waals surface area contributed by atoms with Crippen LogP contribution in [0.1, 0.15) is 51.3 Å². The Morgan fingerprint density at radius 3 is 2.39 bits per heavy atom. The molecular weight excluding hydrogens is 638 g/mol. The normalized spacial score (nSPS) is 13.7. The number of hydrogen-bond donors (Lipinski definition) is 3. The quantitative estimate of drug-likeness (QED) is 0.190. The number of nitrogens with zero attached hydrogens (tertiary/aromatic N) is 3. The van der Waals surface area contributed by atoms with Crippen molar-refractivity contribution in [2.45, 2.75) is 32.0 Å². The molecule has 0 atom stereocenters. The maximum absolute atomic E-state index is 13.5. The number of amides is 2. The lowest BCUT2D eigenvalue weighted by molar-refractivity contribution is -0.137. The van der Waals surface area contributed by atoms with Gasteiger partial charge >= 0.3 is 12.3 Å². The Balaban J connectivity index is 1.58. The summed E-state index contributed by atoms with van der Waals surface area (Å²) in [5, 5.41) is 18.8. The zero-order valence-electron chi connectivity index (χ0n) is 22.8. The van der Waals surface area contributed by atoms with Gasteiger partial charge in [-0.25, -0.2) is 14.5 Å². The lowest BCUT2D eigenvalue weighted by Crippen LogP contribution is -2.45. The van der Waals surface area contributed by atoms with Gasteiger partial charge in [0, 0.05) is 29.2 Å². The molecule has 0 radical (unpaired) electrons. The van der Waals surface area contributed by atoms with Crippen LogP contribution in [0.3, 0.4) is 0 Å². The van der Waals surface area contributed by atoms with Gasteiger partial charge in [-0.3, -0.25) is 10.2 Å². The Labute approximate surface area is 264 Å². The summed E-state index contributed by atoms with van der Waals surface area (Å²) < 4.78 is 40.2. The summed E-state index contributed by atoms with van der Waals surface area (Å²) in [6, 6.07) is 12.8. The Bertz CT molecular complexity index is 1750. The van der Waals surface area contributed by atoms with Crippen LogP contribution in [0.15, 0.2) is 54.6 Å². The molecule has 0 aliphatic carbocycles. The van der Waals surface area contributed by atoms with Gasteiger partial charge in [-0.2, -0.15) is 18.3 Å². The second kappa shape index (κ2) is 13.3. The summed E-state index contributed by atoms with van der Waals surface area (Å²) in [5.74, 6) is 5.32. The number of carbonyl (C=O) groups is 2. The Morgan fingerprint density at radius 2 is 1.73 bits per heavy atom. The highest BCUT2D eigenvalue weighted by Gasteiger charge is 2.30. The summed E-state index contributed by atoms with van der Waals surface area (Å²) in [6.07, 6.45) is -2.80. The average Bonchev–Trinajstić information content (AvgIpc) is 3.60. The van der Waals surface area contributed by atoms with Crippen molar-refractivity contribution in [2.24, 2.45) is 0 Å². The highest BCUT2D eigenvalue weighted by Crippen LogP contribution is 2.37. The van der Waals surface area contributed by atoms with E-state index >= 15 is 0 Å². The number of piperidine rings is 1. The van der Waals surface area contributed by atoms with Crippen LogP contribution in [-0.4, -0.2) is 45.0 Å². The van der Waals surface area contributed by atoms with Crippen LogP contribution in [0.25, 0.3) is 16.3 Å². The number of thiophene rings is 1. The Kier molecular flexibility index (Phi) is 9.51. The SMILES string of the molecule is O=C(O)NCc1c(C(=O)NN2CCCCC2)nn(-c2ccc(Cl)cc2Cl)c1-c1ccc(C#Cc2ccc(C(F)(F)F)cc2)s1. The number of carbonyl (C=O) groups excluding carboxylic acids is 1. The fraction of sp³-hybridized carbons (Fsp3) is 0.233. The van der Waals surface area contributed by atoms with Gasteiger partial charge < -0.3 is 10.4 Å². The van der Waals surface area contributed by atoms with E-state index in [1.165, 1.54) is 34.2 Å². The first-order valence-corrected chi connectivity index (χ1v) is 15.0. The Morgan fingerprint density at radius 1 is 1.00 bits per heavy atom. The number of carboxylic acid groups (broad SMARTS) is 1. The smallest absolute Gasteiger partial charge is 0.416 e. The number of hydrazine groups is 1. The van der Waals surface area contributed by atoms with Crippen molar-refractivity contribution in [3.8, 4) is 28.1 Å². The third kappa shape index (κ3) is 7.36.